The van der Waals surface area contributed by atoms with Gasteiger partial charge in [-0.25, -0.2) is 0 Å². The number of benzene rings is 2. The number of fused-ring (bicyclic) bond motifs is 1. The Morgan fingerprint density at radius 3 is 2.66 bits per heavy atom. The number of rotatable bonds is 6. The van der Waals surface area contributed by atoms with Crippen LogP contribution in [0.4, 0.5) is 13.2 Å². The van der Waals surface area contributed by atoms with Crippen LogP contribution in [0.1, 0.15) is 35.8 Å². The van der Waals surface area contributed by atoms with Crippen LogP contribution < -0.4 is 5.32 Å². The van der Waals surface area contributed by atoms with Crippen LogP contribution in [-0.2, 0) is 17.5 Å². The number of halogens is 3. The van der Waals surface area contributed by atoms with E-state index in [-0.39, 0.29) is 5.91 Å². The normalized spacial score (nSPS) is 16.0. The molecule has 1 N–H and O–H groups in total. The zero-order valence-corrected chi connectivity index (χ0v) is 15.7. The molecule has 1 amide bonds. The zero-order valence-electron chi connectivity index (χ0n) is 15.7. The van der Waals surface area contributed by atoms with Gasteiger partial charge >= 0.3 is 6.18 Å². The van der Waals surface area contributed by atoms with Crippen molar-refractivity contribution in [3.8, 4) is 0 Å². The molecule has 4 nitrogen and oxygen atoms in total. The molecule has 1 atom stereocenters. The number of alkyl halides is 3. The fourth-order valence-corrected chi connectivity index (χ4v) is 3.68. The Bertz CT molecular complexity index is 979. The lowest BCUT2D eigenvalue weighted by Crippen LogP contribution is -2.35. The average Bonchev–Trinajstić information content (AvgIpc) is 3.30. The van der Waals surface area contributed by atoms with Crippen molar-refractivity contribution < 1.29 is 22.4 Å². The van der Waals surface area contributed by atoms with E-state index in [1.54, 1.807) is 11.0 Å². The van der Waals surface area contributed by atoms with Gasteiger partial charge in [-0.2, -0.15) is 13.2 Å². The van der Waals surface area contributed by atoms with E-state index in [1.165, 1.54) is 6.07 Å². The molecule has 1 aliphatic heterocycles. The predicted octanol–water partition coefficient (Wildman–Crippen LogP) is 4.90. The Morgan fingerprint density at radius 2 is 1.93 bits per heavy atom. The monoisotopic (exact) mass is 402 g/mol. The van der Waals surface area contributed by atoms with E-state index in [0.717, 1.165) is 29.5 Å². The van der Waals surface area contributed by atoms with Gasteiger partial charge in [0, 0.05) is 24.9 Å². The number of furan rings is 1. The van der Waals surface area contributed by atoms with E-state index >= 15 is 0 Å². The molecule has 1 unspecified atom stereocenters. The van der Waals surface area contributed by atoms with Gasteiger partial charge in [0.1, 0.15) is 11.3 Å². The average molecular weight is 402 g/mol. The summed E-state index contributed by atoms with van der Waals surface area (Å²) in [6.45, 7) is 1.29. The van der Waals surface area contributed by atoms with Crippen LogP contribution in [0.2, 0.25) is 0 Å². The van der Waals surface area contributed by atoms with E-state index in [9.17, 15) is 18.0 Å². The lowest BCUT2D eigenvalue weighted by molar-refractivity contribution is -0.137. The minimum absolute atomic E-state index is 0.0347. The van der Waals surface area contributed by atoms with E-state index in [0.29, 0.717) is 37.4 Å². The highest BCUT2D eigenvalue weighted by Gasteiger charge is 2.31. The third-order valence-corrected chi connectivity index (χ3v) is 5.19. The van der Waals surface area contributed by atoms with Crippen molar-refractivity contribution in [2.75, 3.05) is 13.1 Å². The second-order valence-electron chi connectivity index (χ2n) is 7.25. The number of hydrogen-bond donors (Lipinski definition) is 1. The van der Waals surface area contributed by atoms with Gasteiger partial charge in [-0.1, -0.05) is 30.3 Å². The van der Waals surface area contributed by atoms with Crippen molar-refractivity contribution in [2.24, 2.45) is 0 Å². The van der Waals surface area contributed by atoms with Crippen molar-refractivity contribution >= 4 is 16.9 Å². The van der Waals surface area contributed by atoms with Crippen molar-refractivity contribution in [3.05, 3.63) is 71.5 Å². The molecule has 0 spiro atoms. The van der Waals surface area contributed by atoms with E-state index in [2.05, 4.69) is 5.32 Å². The molecular weight excluding hydrogens is 381 g/mol. The summed E-state index contributed by atoms with van der Waals surface area (Å²) in [7, 11) is 0. The van der Waals surface area contributed by atoms with Gasteiger partial charge in [0.2, 0.25) is 5.91 Å². The third-order valence-electron chi connectivity index (χ3n) is 5.19. The van der Waals surface area contributed by atoms with Crippen molar-refractivity contribution in [3.63, 3.8) is 0 Å². The van der Waals surface area contributed by atoms with Gasteiger partial charge in [0.15, 0.2) is 0 Å². The number of nitrogens with zero attached hydrogens (tertiary/aromatic N) is 1. The fourth-order valence-electron chi connectivity index (χ4n) is 3.68. The molecule has 0 radical (unpaired) electrons. The molecule has 4 rings (SSSR count). The van der Waals surface area contributed by atoms with Crippen molar-refractivity contribution in [1.29, 1.82) is 0 Å². The van der Waals surface area contributed by atoms with Crippen LogP contribution in [0, 0.1) is 0 Å². The highest BCUT2D eigenvalue weighted by atomic mass is 19.4. The lowest BCUT2D eigenvalue weighted by Gasteiger charge is -2.25. The molecule has 1 aromatic heterocycles. The van der Waals surface area contributed by atoms with Crippen LogP contribution in [0.3, 0.4) is 0 Å². The van der Waals surface area contributed by atoms with Gasteiger partial charge in [0.05, 0.1) is 18.2 Å². The summed E-state index contributed by atoms with van der Waals surface area (Å²) in [5.74, 6) is 0.725. The summed E-state index contributed by atoms with van der Waals surface area (Å²) in [6, 6.07) is 14.3. The second-order valence-corrected chi connectivity index (χ2v) is 7.25. The molecule has 1 aliphatic rings. The molecule has 152 valence electrons. The smallest absolute Gasteiger partial charge is 0.416 e. The van der Waals surface area contributed by atoms with Crippen LogP contribution in [0.25, 0.3) is 11.0 Å². The van der Waals surface area contributed by atoms with Crippen LogP contribution in [0.5, 0.6) is 0 Å². The first-order chi connectivity index (χ1) is 13.9. The Balaban J connectivity index is 1.57. The molecule has 2 aromatic carbocycles. The topological polar surface area (TPSA) is 45.5 Å². The number of para-hydroxylation sites is 1. The Hall–Kier alpha value is -2.80. The molecule has 3 aromatic rings. The molecule has 1 fully saturated rings. The lowest BCUT2D eigenvalue weighted by atomic mass is 10.0. The third kappa shape index (κ3) is 4.45. The maximum atomic E-state index is 13.2. The second kappa shape index (κ2) is 7.91. The molecule has 0 bridgehead atoms. The Kier molecular flexibility index (Phi) is 5.32. The highest BCUT2D eigenvalue weighted by Crippen LogP contribution is 2.31. The molecule has 29 heavy (non-hydrogen) atoms. The largest absolute Gasteiger partial charge is 0.460 e. The SMILES string of the molecule is O=C1CCCN1CC(NCc1cc2ccccc2o1)c1cccc(C(F)(F)F)c1. The minimum atomic E-state index is -4.41. The van der Waals surface area contributed by atoms with Gasteiger partial charge in [0.25, 0.3) is 0 Å². The molecule has 1 saturated heterocycles. The van der Waals surface area contributed by atoms with Crippen LogP contribution in [-0.4, -0.2) is 23.9 Å². The van der Waals surface area contributed by atoms with Gasteiger partial charge < -0.3 is 14.6 Å². The number of amides is 1. The predicted molar refractivity (Wildman–Crippen MR) is 103 cm³/mol. The highest BCUT2D eigenvalue weighted by molar-refractivity contribution is 5.78. The standard InChI is InChI=1S/C22H21F3N2O2/c23-22(24,25)17-7-3-6-15(11-17)19(14-27-10-4-9-21(27)28)26-13-18-12-16-5-1-2-8-20(16)29-18/h1-3,5-8,11-12,19,26H,4,9-10,13-14H2. The minimum Gasteiger partial charge on any atom is -0.460 e. The summed E-state index contributed by atoms with van der Waals surface area (Å²) in [4.78, 5) is 13.8. The summed E-state index contributed by atoms with van der Waals surface area (Å²) in [6.07, 6.45) is -3.15. The zero-order chi connectivity index (χ0) is 20.4. The first-order valence-electron chi connectivity index (χ1n) is 9.56. The Morgan fingerprint density at radius 1 is 1.10 bits per heavy atom. The van der Waals surface area contributed by atoms with Gasteiger partial charge in [-0.05, 0) is 36.2 Å². The summed E-state index contributed by atoms with van der Waals surface area (Å²) < 4.78 is 45.3. The number of likely N-dealkylation sites (tertiary alicyclic amines) is 1. The van der Waals surface area contributed by atoms with Gasteiger partial charge in [-0.15, -0.1) is 0 Å². The fraction of sp³-hybridized carbons (Fsp3) is 0.318. The summed E-state index contributed by atoms with van der Waals surface area (Å²) in [5.41, 5.74) is 0.559. The van der Waals surface area contributed by atoms with Crippen LogP contribution >= 0.6 is 0 Å². The van der Waals surface area contributed by atoms with E-state index in [4.69, 9.17) is 4.42 Å². The maximum absolute atomic E-state index is 13.2. The van der Waals surface area contributed by atoms with Gasteiger partial charge in [-0.3, -0.25) is 4.79 Å². The molecule has 2 heterocycles. The van der Waals surface area contributed by atoms with E-state index in [1.807, 2.05) is 30.3 Å². The number of carbonyl (C=O) groups excluding carboxylic acids is 1. The number of hydrogen-bond acceptors (Lipinski definition) is 3. The van der Waals surface area contributed by atoms with Crippen molar-refractivity contribution in [2.45, 2.75) is 31.6 Å². The first kappa shape index (κ1) is 19.5. The Labute approximate surface area is 166 Å². The summed E-state index contributed by atoms with van der Waals surface area (Å²) in [5, 5.41) is 4.25. The molecular formula is C22H21F3N2O2. The maximum Gasteiger partial charge on any atom is 0.416 e. The quantitative estimate of drug-likeness (QED) is 0.638. The molecule has 7 heteroatoms. The first-order valence-corrected chi connectivity index (χ1v) is 9.56. The summed E-state index contributed by atoms with van der Waals surface area (Å²) >= 11 is 0. The number of nitrogens with one attached hydrogen (secondary N) is 1. The molecule has 0 saturated carbocycles. The molecule has 0 aliphatic carbocycles. The van der Waals surface area contributed by atoms with Crippen molar-refractivity contribution in [1.82, 2.24) is 10.2 Å². The number of carbonyl (C=O) groups is 1. The van der Waals surface area contributed by atoms with Crippen LogP contribution in [0.15, 0.2) is 59.0 Å². The van der Waals surface area contributed by atoms with E-state index < -0.39 is 17.8 Å².